The van der Waals surface area contributed by atoms with Crippen LogP contribution in [0.3, 0.4) is 0 Å². The Labute approximate surface area is 124 Å². The summed E-state index contributed by atoms with van der Waals surface area (Å²) in [5.41, 5.74) is 0.818. The molecule has 0 heterocycles. The summed E-state index contributed by atoms with van der Waals surface area (Å²) >= 11 is 0. The Hall–Kier alpha value is -2.24. The Bertz CT molecular complexity index is 514. The number of carbonyl (C=O) groups excluding carboxylic acids is 2. The number of hydrogen-bond donors (Lipinski definition) is 2. The smallest absolute Gasteiger partial charge is 0.309 e. The first-order chi connectivity index (χ1) is 9.88. The second-order valence-electron chi connectivity index (χ2n) is 4.94. The van der Waals surface area contributed by atoms with Gasteiger partial charge in [-0.3, -0.25) is 9.59 Å². The molecule has 0 saturated carbocycles. The molecule has 0 spiro atoms. The van der Waals surface area contributed by atoms with E-state index in [0.29, 0.717) is 11.5 Å². The molecule has 0 fully saturated rings. The molecule has 1 aromatic carbocycles. The van der Waals surface area contributed by atoms with Crippen LogP contribution >= 0.6 is 0 Å². The predicted molar refractivity (Wildman–Crippen MR) is 79.4 cm³/mol. The van der Waals surface area contributed by atoms with Crippen molar-refractivity contribution >= 4 is 11.8 Å². The van der Waals surface area contributed by atoms with Crippen LogP contribution in [0.15, 0.2) is 18.2 Å². The van der Waals surface area contributed by atoms with Crippen molar-refractivity contribution in [1.82, 2.24) is 10.6 Å². The van der Waals surface area contributed by atoms with Crippen LogP contribution in [-0.2, 0) is 9.59 Å². The van der Waals surface area contributed by atoms with Crippen molar-refractivity contribution in [1.29, 1.82) is 0 Å². The highest BCUT2D eigenvalue weighted by Crippen LogP contribution is 2.29. The Morgan fingerprint density at radius 1 is 0.952 bits per heavy atom. The maximum Gasteiger partial charge on any atom is 0.309 e. The molecule has 1 unspecified atom stereocenters. The quantitative estimate of drug-likeness (QED) is 0.805. The highest BCUT2D eigenvalue weighted by atomic mass is 16.5. The average Bonchev–Trinajstić information content (AvgIpc) is 2.45. The molecule has 116 valence electrons. The lowest BCUT2D eigenvalue weighted by molar-refractivity contribution is -0.139. The van der Waals surface area contributed by atoms with Crippen LogP contribution in [0.25, 0.3) is 0 Å². The van der Waals surface area contributed by atoms with E-state index in [0.717, 1.165) is 5.56 Å². The summed E-state index contributed by atoms with van der Waals surface area (Å²) in [6, 6.07) is 4.93. The largest absolute Gasteiger partial charge is 0.493 e. The van der Waals surface area contributed by atoms with Crippen molar-refractivity contribution in [3.8, 4) is 11.5 Å². The van der Waals surface area contributed by atoms with Crippen LogP contribution in [0.4, 0.5) is 0 Å². The molecule has 6 heteroatoms. The fourth-order valence-electron chi connectivity index (χ4n) is 1.80. The number of ether oxygens (including phenoxy) is 2. The van der Waals surface area contributed by atoms with Crippen molar-refractivity contribution in [2.45, 2.75) is 32.9 Å². The van der Waals surface area contributed by atoms with Gasteiger partial charge in [-0.05, 0) is 38.5 Å². The molecular formula is C15H22N2O4. The number of carbonyl (C=O) groups is 2. The normalized spacial score (nSPS) is 11.7. The van der Waals surface area contributed by atoms with Gasteiger partial charge in [0.25, 0.3) is 0 Å². The van der Waals surface area contributed by atoms with Crippen LogP contribution in [-0.4, -0.2) is 32.1 Å². The third-order valence-electron chi connectivity index (χ3n) is 2.88. The van der Waals surface area contributed by atoms with E-state index in [1.54, 1.807) is 47.1 Å². The van der Waals surface area contributed by atoms with Gasteiger partial charge in [-0.2, -0.15) is 0 Å². The Morgan fingerprint density at radius 2 is 1.52 bits per heavy atom. The Kier molecular flexibility index (Phi) is 6.02. The molecule has 21 heavy (non-hydrogen) atoms. The van der Waals surface area contributed by atoms with Gasteiger partial charge >= 0.3 is 11.8 Å². The number of rotatable bonds is 5. The molecule has 0 aliphatic carbocycles. The second-order valence-corrected chi connectivity index (χ2v) is 4.94. The zero-order chi connectivity index (χ0) is 16.0. The zero-order valence-electron chi connectivity index (χ0n) is 13.0. The molecule has 1 rings (SSSR count). The number of hydrogen-bond acceptors (Lipinski definition) is 4. The minimum Gasteiger partial charge on any atom is -0.493 e. The molecular weight excluding hydrogens is 272 g/mol. The fourth-order valence-corrected chi connectivity index (χ4v) is 1.80. The monoisotopic (exact) mass is 294 g/mol. The van der Waals surface area contributed by atoms with Gasteiger partial charge in [0, 0.05) is 6.04 Å². The van der Waals surface area contributed by atoms with E-state index < -0.39 is 11.8 Å². The van der Waals surface area contributed by atoms with E-state index in [-0.39, 0.29) is 12.1 Å². The molecule has 2 amide bonds. The molecule has 1 atom stereocenters. The fraction of sp³-hybridized carbons (Fsp3) is 0.467. The topological polar surface area (TPSA) is 76.7 Å². The lowest BCUT2D eigenvalue weighted by atomic mass is 10.1. The average molecular weight is 294 g/mol. The summed E-state index contributed by atoms with van der Waals surface area (Å²) in [5, 5.41) is 5.19. The molecule has 2 N–H and O–H groups in total. The van der Waals surface area contributed by atoms with Crippen molar-refractivity contribution in [3.05, 3.63) is 23.8 Å². The van der Waals surface area contributed by atoms with Crippen LogP contribution in [0.1, 0.15) is 32.4 Å². The molecule has 1 aromatic rings. The van der Waals surface area contributed by atoms with Crippen LogP contribution in [0.2, 0.25) is 0 Å². The summed E-state index contributed by atoms with van der Waals surface area (Å²) in [6.07, 6.45) is 0. The van der Waals surface area contributed by atoms with Gasteiger partial charge in [0.1, 0.15) is 0 Å². The highest BCUT2D eigenvalue weighted by Gasteiger charge is 2.18. The van der Waals surface area contributed by atoms with Gasteiger partial charge in [-0.1, -0.05) is 6.07 Å². The first kappa shape index (κ1) is 16.8. The molecule has 6 nitrogen and oxygen atoms in total. The van der Waals surface area contributed by atoms with E-state index in [4.69, 9.17) is 9.47 Å². The maximum absolute atomic E-state index is 11.8. The predicted octanol–water partition coefficient (Wildman–Crippen LogP) is 1.41. The van der Waals surface area contributed by atoms with E-state index in [1.807, 2.05) is 6.07 Å². The lowest BCUT2D eigenvalue weighted by Gasteiger charge is -2.17. The van der Waals surface area contributed by atoms with Crippen LogP contribution in [0, 0.1) is 0 Å². The Balaban J connectivity index is 2.77. The van der Waals surface area contributed by atoms with Crippen molar-refractivity contribution in [3.63, 3.8) is 0 Å². The van der Waals surface area contributed by atoms with Crippen molar-refractivity contribution in [2.75, 3.05) is 14.2 Å². The molecule has 0 bridgehead atoms. The molecule has 0 aromatic heterocycles. The summed E-state index contributed by atoms with van der Waals surface area (Å²) < 4.78 is 10.4. The summed E-state index contributed by atoms with van der Waals surface area (Å²) in [6.45, 7) is 5.38. The first-order valence-corrected chi connectivity index (χ1v) is 6.72. The molecule has 0 aliphatic heterocycles. The summed E-state index contributed by atoms with van der Waals surface area (Å²) in [4.78, 5) is 23.3. The number of methoxy groups -OCH3 is 2. The van der Waals surface area contributed by atoms with Gasteiger partial charge in [0.05, 0.1) is 20.3 Å². The van der Waals surface area contributed by atoms with E-state index in [1.165, 1.54) is 0 Å². The van der Waals surface area contributed by atoms with Crippen molar-refractivity contribution in [2.24, 2.45) is 0 Å². The van der Waals surface area contributed by atoms with Gasteiger partial charge in [0.15, 0.2) is 11.5 Å². The molecule has 0 radical (unpaired) electrons. The minimum atomic E-state index is -0.661. The molecule has 0 saturated heterocycles. The van der Waals surface area contributed by atoms with Gasteiger partial charge in [-0.25, -0.2) is 0 Å². The summed E-state index contributed by atoms with van der Waals surface area (Å²) in [5.74, 6) is -0.122. The SMILES string of the molecule is COc1ccc(C(C)NC(=O)C(=O)NC(C)C)cc1OC. The highest BCUT2D eigenvalue weighted by molar-refractivity contribution is 6.35. The summed E-state index contributed by atoms with van der Waals surface area (Å²) in [7, 11) is 3.10. The van der Waals surface area contributed by atoms with Gasteiger partial charge < -0.3 is 20.1 Å². The number of nitrogens with one attached hydrogen (secondary N) is 2. The first-order valence-electron chi connectivity index (χ1n) is 6.72. The third kappa shape index (κ3) is 4.66. The van der Waals surface area contributed by atoms with E-state index >= 15 is 0 Å². The number of benzene rings is 1. The van der Waals surface area contributed by atoms with Gasteiger partial charge in [0.2, 0.25) is 0 Å². The van der Waals surface area contributed by atoms with Crippen LogP contribution < -0.4 is 20.1 Å². The maximum atomic E-state index is 11.8. The molecule has 0 aliphatic rings. The van der Waals surface area contributed by atoms with E-state index in [9.17, 15) is 9.59 Å². The standard InChI is InChI=1S/C15H22N2O4/c1-9(2)16-14(18)15(19)17-10(3)11-6-7-12(20-4)13(8-11)21-5/h6-10H,1-5H3,(H,16,18)(H,17,19). The van der Waals surface area contributed by atoms with Crippen molar-refractivity contribution < 1.29 is 19.1 Å². The van der Waals surface area contributed by atoms with Gasteiger partial charge in [-0.15, -0.1) is 0 Å². The van der Waals surface area contributed by atoms with Crippen LogP contribution in [0.5, 0.6) is 11.5 Å². The Morgan fingerprint density at radius 3 is 2.05 bits per heavy atom. The third-order valence-corrected chi connectivity index (χ3v) is 2.88. The van der Waals surface area contributed by atoms with E-state index in [2.05, 4.69) is 10.6 Å². The number of amides is 2. The lowest BCUT2D eigenvalue weighted by Crippen LogP contribution is -2.43. The second kappa shape index (κ2) is 7.52. The zero-order valence-corrected chi connectivity index (χ0v) is 13.0. The minimum absolute atomic E-state index is 0.0837.